The summed E-state index contributed by atoms with van der Waals surface area (Å²) in [5.41, 5.74) is 1.55. The van der Waals surface area contributed by atoms with E-state index in [0.29, 0.717) is 18.4 Å². The van der Waals surface area contributed by atoms with Crippen LogP contribution in [0.5, 0.6) is 0 Å². The molecule has 1 aromatic rings. The molecular formula is C13H18N2O2. The highest BCUT2D eigenvalue weighted by molar-refractivity contribution is 6.01. The van der Waals surface area contributed by atoms with E-state index >= 15 is 0 Å². The number of nitrogens with zero attached hydrogens (tertiary/aromatic N) is 2. The number of hydrogen-bond donors (Lipinski definition) is 0. The van der Waals surface area contributed by atoms with Gasteiger partial charge in [0.25, 0.3) is 0 Å². The van der Waals surface area contributed by atoms with E-state index < -0.39 is 0 Å². The highest BCUT2D eigenvalue weighted by atomic mass is 16.1. The van der Waals surface area contributed by atoms with E-state index in [2.05, 4.69) is 5.10 Å². The summed E-state index contributed by atoms with van der Waals surface area (Å²) < 4.78 is 1.68. The third kappa shape index (κ3) is 2.46. The Labute approximate surface area is 101 Å². The van der Waals surface area contributed by atoms with Gasteiger partial charge >= 0.3 is 0 Å². The van der Waals surface area contributed by atoms with Gasteiger partial charge in [-0.2, -0.15) is 5.10 Å². The third-order valence-corrected chi connectivity index (χ3v) is 3.36. The van der Waals surface area contributed by atoms with Gasteiger partial charge in [0.2, 0.25) is 0 Å². The van der Waals surface area contributed by atoms with Crippen molar-refractivity contribution in [3.63, 3.8) is 0 Å². The lowest BCUT2D eigenvalue weighted by Crippen LogP contribution is -2.23. The van der Waals surface area contributed by atoms with Crippen LogP contribution in [0, 0.1) is 5.92 Å². The first-order valence-corrected chi connectivity index (χ1v) is 6.20. The summed E-state index contributed by atoms with van der Waals surface area (Å²) in [5.74, 6) is 0.199. The zero-order valence-corrected chi connectivity index (χ0v) is 10.4. The molecule has 4 nitrogen and oxygen atoms in total. The average molecular weight is 234 g/mol. The zero-order chi connectivity index (χ0) is 12.4. The van der Waals surface area contributed by atoms with Gasteiger partial charge in [-0.1, -0.05) is 6.92 Å². The van der Waals surface area contributed by atoms with E-state index in [-0.39, 0.29) is 17.5 Å². The van der Waals surface area contributed by atoms with Gasteiger partial charge < -0.3 is 0 Å². The Hall–Kier alpha value is -1.45. The number of ketones is 2. The van der Waals surface area contributed by atoms with Crippen LogP contribution >= 0.6 is 0 Å². The number of carbonyl (C=O) groups excluding carboxylic acids is 2. The lowest BCUT2D eigenvalue weighted by Gasteiger charge is -2.19. The van der Waals surface area contributed by atoms with Crippen LogP contribution < -0.4 is 0 Å². The molecule has 0 aliphatic heterocycles. The van der Waals surface area contributed by atoms with Gasteiger partial charge in [-0.15, -0.1) is 0 Å². The molecule has 1 aliphatic rings. The molecule has 0 amide bonds. The van der Waals surface area contributed by atoms with Crippen molar-refractivity contribution >= 4 is 11.6 Å². The van der Waals surface area contributed by atoms with E-state index in [9.17, 15) is 9.59 Å². The van der Waals surface area contributed by atoms with Crippen molar-refractivity contribution < 1.29 is 9.59 Å². The van der Waals surface area contributed by atoms with E-state index in [1.807, 2.05) is 14.0 Å². The molecule has 92 valence electrons. The summed E-state index contributed by atoms with van der Waals surface area (Å²) in [6, 6.07) is 0. The van der Waals surface area contributed by atoms with Crippen molar-refractivity contribution in [1.29, 1.82) is 0 Å². The fourth-order valence-electron chi connectivity index (χ4n) is 2.47. The Morgan fingerprint density at radius 2 is 2.35 bits per heavy atom. The van der Waals surface area contributed by atoms with Gasteiger partial charge in [-0.05, 0) is 19.3 Å². The maximum atomic E-state index is 12.3. The van der Waals surface area contributed by atoms with Crippen LogP contribution in [-0.2, 0) is 18.3 Å². The van der Waals surface area contributed by atoms with Crippen molar-refractivity contribution in [3.05, 3.63) is 17.5 Å². The fourth-order valence-corrected chi connectivity index (χ4v) is 2.47. The summed E-state index contributed by atoms with van der Waals surface area (Å²) in [4.78, 5) is 23.7. The molecule has 1 unspecified atom stereocenters. The van der Waals surface area contributed by atoms with Crippen LogP contribution in [0.2, 0.25) is 0 Å². The molecule has 0 bridgehead atoms. The molecule has 1 aromatic heterocycles. The summed E-state index contributed by atoms with van der Waals surface area (Å²) in [7, 11) is 1.82. The summed E-state index contributed by atoms with van der Waals surface area (Å²) in [5, 5.41) is 4.27. The molecule has 4 heteroatoms. The van der Waals surface area contributed by atoms with Crippen LogP contribution in [0.1, 0.15) is 48.7 Å². The average Bonchev–Trinajstić information content (AvgIpc) is 2.69. The summed E-state index contributed by atoms with van der Waals surface area (Å²) in [6.45, 7) is 1.99. The third-order valence-electron chi connectivity index (χ3n) is 3.36. The number of rotatable bonds is 3. The number of carbonyl (C=O) groups is 2. The van der Waals surface area contributed by atoms with Crippen molar-refractivity contribution in [2.75, 3.05) is 0 Å². The van der Waals surface area contributed by atoms with Crippen LogP contribution in [0.15, 0.2) is 6.20 Å². The van der Waals surface area contributed by atoms with Gasteiger partial charge in [0.15, 0.2) is 5.78 Å². The van der Waals surface area contributed by atoms with Crippen molar-refractivity contribution in [3.8, 4) is 0 Å². The number of Topliss-reactive ketones (excluding diaryl/α,β-unsaturated/α-hetero) is 2. The Kier molecular flexibility index (Phi) is 3.41. The van der Waals surface area contributed by atoms with Crippen molar-refractivity contribution in [2.45, 2.75) is 39.0 Å². The fraction of sp³-hybridized carbons (Fsp3) is 0.615. The monoisotopic (exact) mass is 234 g/mol. The van der Waals surface area contributed by atoms with Crippen LogP contribution in [0.3, 0.4) is 0 Å². The highest BCUT2D eigenvalue weighted by Crippen LogP contribution is 2.26. The minimum Gasteiger partial charge on any atom is -0.300 e. The SMILES string of the molecule is CCc1nn(C)cc1C(=O)C1CCCC(=O)C1. The van der Waals surface area contributed by atoms with Gasteiger partial charge in [-0.25, -0.2) is 0 Å². The normalized spacial score (nSPS) is 20.6. The first-order chi connectivity index (χ1) is 8.11. The van der Waals surface area contributed by atoms with Gasteiger partial charge in [0.05, 0.1) is 11.3 Å². The second-order valence-electron chi connectivity index (χ2n) is 4.71. The number of aromatic nitrogens is 2. The van der Waals surface area contributed by atoms with Crippen LogP contribution in [0.25, 0.3) is 0 Å². The lowest BCUT2D eigenvalue weighted by atomic mass is 9.83. The molecule has 0 N–H and O–H groups in total. The summed E-state index contributed by atoms with van der Waals surface area (Å²) >= 11 is 0. The molecule has 0 aromatic carbocycles. The summed E-state index contributed by atoms with van der Waals surface area (Å²) in [6.07, 6.45) is 5.26. The molecule has 0 spiro atoms. The Bertz CT molecular complexity index is 448. The minimum absolute atomic E-state index is 0.100. The molecule has 1 fully saturated rings. The Balaban J connectivity index is 2.20. The maximum absolute atomic E-state index is 12.3. The molecule has 1 atom stereocenters. The van der Waals surface area contributed by atoms with Gasteiger partial charge in [-0.3, -0.25) is 14.3 Å². The minimum atomic E-state index is -0.120. The molecule has 2 rings (SSSR count). The van der Waals surface area contributed by atoms with Crippen LogP contribution in [0.4, 0.5) is 0 Å². The first-order valence-electron chi connectivity index (χ1n) is 6.20. The zero-order valence-electron chi connectivity index (χ0n) is 10.4. The van der Waals surface area contributed by atoms with Crippen LogP contribution in [-0.4, -0.2) is 21.3 Å². The lowest BCUT2D eigenvalue weighted by molar-refractivity contribution is -0.121. The second-order valence-corrected chi connectivity index (χ2v) is 4.71. The second kappa shape index (κ2) is 4.82. The molecule has 1 heterocycles. The predicted molar refractivity (Wildman–Crippen MR) is 63.9 cm³/mol. The van der Waals surface area contributed by atoms with Crippen molar-refractivity contribution in [2.24, 2.45) is 13.0 Å². The first kappa shape index (κ1) is 12.0. The van der Waals surface area contributed by atoms with Crippen molar-refractivity contribution in [1.82, 2.24) is 9.78 Å². The predicted octanol–water partition coefficient (Wildman–Crippen LogP) is 1.92. The van der Waals surface area contributed by atoms with E-state index in [1.165, 1.54) is 0 Å². The molecule has 17 heavy (non-hydrogen) atoms. The standard InChI is InChI=1S/C13H18N2O2/c1-3-12-11(8-15(2)14-12)13(17)9-5-4-6-10(16)7-9/h8-9H,3-7H2,1-2H3. The molecular weight excluding hydrogens is 216 g/mol. The Morgan fingerprint density at radius 1 is 1.59 bits per heavy atom. The Morgan fingerprint density at radius 3 is 3.00 bits per heavy atom. The topological polar surface area (TPSA) is 52.0 Å². The van der Waals surface area contributed by atoms with E-state index in [4.69, 9.17) is 0 Å². The smallest absolute Gasteiger partial charge is 0.169 e. The molecule has 1 aliphatic carbocycles. The van der Waals surface area contributed by atoms with E-state index in [0.717, 1.165) is 25.0 Å². The quantitative estimate of drug-likeness (QED) is 0.751. The van der Waals surface area contributed by atoms with Gasteiger partial charge in [0, 0.05) is 32.0 Å². The number of aryl methyl sites for hydroxylation is 2. The highest BCUT2D eigenvalue weighted by Gasteiger charge is 2.28. The molecule has 0 saturated heterocycles. The molecule has 1 saturated carbocycles. The molecule has 0 radical (unpaired) electrons. The number of hydrogen-bond acceptors (Lipinski definition) is 3. The van der Waals surface area contributed by atoms with Gasteiger partial charge in [0.1, 0.15) is 5.78 Å². The maximum Gasteiger partial charge on any atom is 0.169 e. The largest absolute Gasteiger partial charge is 0.300 e. The van der Waals surface area contributed by atoms with E-state index in [1.54, 1.807) is 10.9 Å².